The maximum atomic E-state index is 9.15. The molecule has 18 heavy (non-hydrogen) atoms. The average molecular weight is 253 g/mol. The highest BCUT2D eigenvalue weighted by Crippen LogP contribution is 2.24. The number of aliphatic hydroxyl groups is 1. The molecule has 6 nitrogen and oxygen atoms in total. The number of aliphatic hydroxyl groups excluding tert-OH is 1. The van der Waals surface area contributed by atoms with E-state index < -0.39 is 0 Å². The molecule has 0 saturated carbocycles. The Morgan fingerprint density at radius 1 is 1.28 bits per heavy atom. The van der Waals surface area contributed by atoms with Crippen LogP contribution in [0.2, 0.25) is 0 Å². The van der Waals surface area contributed by atoms with E-state index >= 15 is 0 Å². The fourth-order valence-corrected chi connectivity index (χ4v) is 1.99. The zero-order valence-electron chi connectivity index (χ0n) is 11.2. The molecule has 1 aromatic heterocycles. The first-order valence-electron chi connectivity index (χ1n) is 6.44. The second-order valence-electron chi connectivity index (χ2n) is 4.13. The SMILES string of the molecule is CCCc1c(NN)ncnc1N(CCC)CCO. The van der Waals surface area contributed by atoms with E-state index in [2.05, 4.69) is 34.1 Å². The van der Waals surface area contributed by atoms with Crippen LogP contribution in [0.25, 0.3) is 0 Å². The van der Waals surface area contributed by atoms with Gasteiger partial charge in [-0.05, 0) is 12.8 Å². The van der Waals surface area contributed by atoms with Gasteiger partial charge in [-0.1, -0.05) is 20.3 Å². The molecule has 102 valence electrons. The minimum Gasteiger partial charge on any atom is -0.395 e. The molecule has 1 heterocycles. The molecule has 0 unspecified atom stereocenters. The topological polar surface area (TPSA) is 87.3 Å². The van der Waals surface area contributed by atoms with E-state index in [1.165, 1.54) is 6.33 Å². The smallest absolute Gasteiger partial charge is 0.148 e. The summed E-state index contributed by atoms with van der Waals surface area (Å²) in [6.45, 7) is 5.76. The molecular formula is C12H23N5O. The van der Waals surface area contributed by atoms with Gasteiger partial charge in [0.25, 0.3) is 0 Å². The van der Waals surface area contributed by atoms with Crippen molar-refractivity contribution < 1.29 is 5.11 Å². The lowest BCUT2D eigenvalue weighted by atomic mass is 10.1. The van der Waals surface area contributed by atoms with Crippen molar-refractivity contribution >= 4 is 11.6 Å². The summed E-state index contributed by atoms with van der Waals surface area (Å²) in [5, 5.41) is 9.15. The van der Waals surface area contributed by atoms with Crippen LogP contribution in [0.3, 0.4) is 0 Å². The Kier molecular flexibility index (Phi) is 6.38. The second-order valence-corrected chi connectivity index (χ2v) is 4.13. The van der Waals surface area contributed by atoms with Crippen LogP contribution in [-0.2, 0) is 6.42 Å². The lowest BCUT2D eigenvalue weighted by molar-refractivity contribution is 0.301. The van der Waals surface area contributed by atoms with Crippen LogP contribution in [0, 0.1) is 0 Å². The summed E-state index contributed by atoms with van der Waals surface area (Å²) in [6, 6.07) is 0. The molecule has 6 heteroatoms. The molecule has 0 spiro atoms. The summed E-state index contributed by atoms with van der Waals surface area (Å²) < 4.78 is 0. The van der Waals surface area contributed by atoms with Crippen LogP contribution in [0.15, 0.2) is 6.33 Å². The van der Waals surface area contributed by atoms with Crippen LogP contribution in [0.1, 0.15) is 32.3 Å². The number of hydrogen-bond donors (Lipinski definition) is 3. The molecule has 0 aromatic carbocycles. The maximum Gasteiger partial charge on any atom is 0.148 e. The summed E-state index contributed by atoms with van der Waals surface area (Å²) in [5.74, 6) is 7.03. The summed E-state index contributed by atoms with van der Waals surface area (Å²) in [4.78, 5) is 10.6. The zero-order chi connectivity index (χ0) is 13.4. The molecule has 1 aromatic rings. The number of rotatable bonds is 8. The first kappa shape index (κ1) is 14.7. The highest BCUT2D eigenvalue weighted by atomic mass is 16.3. The van der Waals surface area contributed by atoms with Crippen molar-refractivity contribution in [2.24, 2.45) is 5.84 Å². The molecule has 4 N–H and O–H groups in total. The number of anilines is 2. The fraction of sp³-hybridized carbons (Fsp3) is 0.667. The highest BCUT2D eigenvalue weighted by molar-refractivity contribution is 5.58. The third-order valence-corrected chi connectivity index (χ3v) is 2.72. The summed E-state index contributed by atoms with van der Waals surface area (Å²) in [7, 11) is 0. The van der Waals surface area contributed by atoms with Crippen LogP contribution >= 0.6 is 0 Å². The van der Waals surface area contributed by atoms with Crippen LogP contribution in [-0.4, -0.2) is 34.8 Å². The quantitative estimate of drug-likeness (QED) is 0.472. The Bertz CT molecular complexity index is 352. The Morgan fingerprint density at radius 3 is 2.61 bits per heavy atom. The van der Waals surface area contributed by atoms with Crippen molar-refractivity contribution in [3.8, 4) is 0 Å². The number of nitrogens with one attached hydrogen (secondary N) is 1. The zero-order valence-corrected chi connectivity index (χ0v) is 11.2. The van der Waals surface area contributed by atoms with Crippen molar-refractivity contribution in [2.75, 3.05) is 30.0 Å². The van der Waals surface area contributed by atoms with Crippen LogP contribution in [0.5, 0.6) is 0 Å². The fourth-order valence-electron chi connectivity index (χ4n) is 1.99. The molecule has 0 atom stereocenters. The third-order valence-electron chi connectivity index (χ3n) is 2.72. The average Bonchev–Trinajstić information content (AvgIpc) is 2.39. The van der Waals surface area contributed by atoms with Crippen molar-refractivity contribution in [2.45, 2.75) is 33.1 Å². The van der Waals surface area contributed by atoms with E-state index in [0.717, 1.165) is 37.2 Å². The van der Waals surface area contributed by atoms with E-state index in [1.807, 2.05) is 0 Å². The van der Waals surface area contributed by atoms with E-state index in [0.29, 0.717) is 12.4 Å². The van der Waals surface area contributed by atoms with Gasteiger partial charge in [-0.3, -0.25) is 0 Å². The van der Waals surface area contributed by atoms with E-state index in [-0.39, 0.29) is 6.61 Å². The van der Waals surface area contributed by atoms with E-state index in [9.17, 15) is 0 Å². The van der Waals surface area contributed by atoms with E-state index in [1.54, 1.807) is 0 Å². The van der Waals surface area contributed by atoms with Gasteiger partial charge in [-0.25, -0.2) is 15.8 Å². The molecule has 0 saturated heterocycles. The Morgan fingerprint density at radius 2 is 2.06 bits per heavy atom. The number of nitrogens with zero attached hydrogens (tertiary/aromatic N) is 3. The number of aromatic nitrogens is 2. The molecule has 1 rings (SSSR count). The molecule has 0 aliphatic carbocycles. The Labute approximate surface area is 108 Å². The van der Waals surface area contributed by atoms with Crippen molar-refractivity contribution in [1.82, 2.24) is 9.97 Å². The van der Waals surface area contributed by atoms with Crippen molar-refractivity contribution in [3.05, 3.63) is 11.9 Å². The molecule has 0 bridgehead atoms. The standard InChI is InChI=1S/C12H23N5O/c1-3-5-10-11(16-13)14-9-15-12(10)17(6-4-2)7-8-18/h9,18H,3-8,13H2,1-2H3,(H,14,15,16). The predicted molar refractivity (Wildman–Crippen MR) is 73.4 cm³/mol. The maximum absolute atomic E-state index is 9.15. The van der Waals surface area contributed by atoms with Crippen LogP contribution < -0.4 is 16.2 Å². The molecule has 0 aliphatic rings. The molecule has 0 radical (unpaired) electrons. The van der Waals surface area contributed by atoms with Gasteiger partial charge in [0, 0.05) is 18.7 Å². The van der Waals surface area contributed by atoms with E-state index in [4.69, 9.17) is 10.9 Å². The van der Waals surface area contributed by atoms with Gasteiger partial charge < -0.3 is 15.4 Å². The summed E-state index contributed by atoms with van der Waals surface area (Å²) in [6.07, 6.45) is 4.36. The Balaban J connectivity index is 3.09. The monoisotopic (exact) mass is 253 g/mol. The van der Waals surface area contributed by atoms with Gasteiger partial charge in [0.15, 0.2) is 0 Å². The lowest BCUT2D eigenvalue weighted by Gasteiger charge is -2.25. The van der Waals surface area contributed by atoms with Gasteiger partial charge in [0.05, 0.1) is 6.61 Å². The molecule has 0 amide bonds. The van der Waals surface area contributed by atoms with Gasteiger partial charge in [0.1, 0.15) is 18.0 Å². The largest absolute Gasteiger partial charge is 0.395 e. The second kappa shape index (κ2) is 7.84. The number of hydrazine groups is 1. The highest BCUT2D eigenvalue weighted by Gasteiger charge is 2.15. The van der Waals surface area contributed by atoms with Crippen LogP contribution in [0.4, 0.5) is 11.6 Å². The molecule has 0 aliphatic heterocycles. The lowest BCUT2D eigenvalue weighted by Crippen LogP contribution is -2.30. The third kappa shape index (κ3) is 3.54. The first-order chi connectivity index (χ1) is 8.78. The van der Waals surface area contributed by atoms with Gasteiger partial charge in [-0.15, -0.1) is 0 Å². The van der Waals surface area contributed by atoms with Crippen molar-refractivity contribution in [1.29, 1.82) is 0 Å². The summed E-state index contributed by atoms with van der Waals surface area (Å²) in [5.41, 5.74) is 3.64. The first-order valence-corrected chi connectivity index (χ1v) is 6.44. The minimum absolute atomic E-state index is 0.112. The van der Waals surface area contributed by atoms with Crippen molar-refractivity contribution in [3.63, 3.8) is 0 Å². The summed E-state index contributed by atoms with van der Waals surface area (Å²) >= 11 is 0. The number of nitrogens with two attached hydrogens (primary N) is 1. The van der Waals surface area contributed by atoms with Gasteiger partial charge in [0.2, 0.25) is 0 Å². The normalized spacial score (nSPS) is 10.4. The Hall–Kier alpha value is -1.40. The van der Waals surface area contributed by atoms with Gasteiger partial charge in [-0.2, -0.15) is 0 Å². The predicted octanol–water partition coefficient (Wildman–Crippen LogP) is 0.923. The minimum atomic E-state index is 0.112. The molecular weight excluding hydrogens is 230 g/mol. The molecule has 0 fully saturated rings. The number of hydrogen-bond acceptors (Lipinski definition) is 6. The van der Waals surface area contributed by atoms with Gasteiger partial charge >= 0.3 is 0 Å². The number of nitrogen functional groups attached to an aromatic ring is 1.